The minimum atomic E-state index is -3.47. The summed E-state index contributed by atoms with van der Waals surface area (Å²) in [6, 6.07) is 12.9. The number of nitrogens with one attached hydrogen (secondary N) is 1. The normalized spacial score (nSPS) is 11.0. The highest BCUT2D eigenvalue weighted by Gasteiger charge is 2.13. The van der Waals surface area contributed by atoms with E-state index >= 15 is 0 Å². The molecule has 0 unspecified atom stereocenters. The molecule has 0 aliphatic heterocycles. The standard InChI is InChI=1S/C22H28N2O6S/c1-30-21-10-9-19(16-20(21)23-31(2,28)29)18-8-6-7-17(15-18)11-13-24(22(26)27)12-4-3-5-14-25/h6-10,14-16,23H,3-5,11-13H2,1-2H3,(H,26,27). The van der Waals surface area contributed by atoms with Gasteiger partial charge >= 0.3 is 6.09 Å². The second-order valence-electron chi connectivity index (χ2n) is 7.17. The Balaban J connectivity index is 2.15. The molecule has 31 heavy (non-hydrogen) atoms. The molecule has 0 fully saturated rings. The zero-order valence-corrected chi connectivity index (χ0v) is 18.5. The first-order valence-electron chi connectivity index (χ1n) is 9.90. The molecule has 2 aromatic rings. The molecule has 2 rings (SSSR count). The van der Waals surface area contributed by atoms with E-state index in [1.165, 1.54) is 12.0 Å². The minimum Gasteiger partial charge on any atom is -0.495 e. The van der Waals surface area contributed by atoms with Crippen LogP contribution >= 0.6 is 0 Å². The molecule has 0 atom stereocenters. The van der Waals surface area contributed by atoms with E-state index in [-0.39, 0.29) is 0 Å². The molecule has 0 saturated carbocycles. The van der Waals surface area contributed by atoms with E-state index in [0.717, 1.165) is 29.2 Å². The average molecular weight is 449 g/mol. The maximum atomic E-state index is 11.6. The highest BCUT2D eigenvalue weighted by Crippen LogP contribution is 2.31. The fourth-order valence-corrected chi connectivity index (χ4v) is 3.73. The number of carboxylic acid groups (broad SMARTS) is 1. The molecular formula is C22H28N2O6S. The number of rotatable bonds is 12. The van der Waals surface area contributed by atoms with Crippen LogP contribution in [0.3, 0.4) is 0 Å². The van der Waals surface area contributed by atoms with Gasteiger partial charge in [-0.3, -0.25) is 4.72 Å². The van der Waals surface area contributed by atoms with Crippen molar-refractivity contribution in [1.82, 2.24) is 4.90 Å². The topological polar surface area (TPSA) is 113 Å². The Morgan fingerprint density at radius 2 is 1.87 bits per heavy atom. The van der Waals surface area contributed by atoms with Crippen molar-refractivity contribution in [2.75, 3.05) is 31.2 Å². The highest BCUT2D eigenvalue weighted by atomic mass is 32.2. The Labute approximate surface area is 182 Å². The molecule has 0 heterocycles. The second-order valence-corrected chi connectivity index (χ2v) is 8.92. The Hall–Kier alpha value is -3.07. The molecule has 8 nitrogen and oxygen atoms in total. The Bertz CT molecular complexity index is 1010. The lowest BCUT2D eigenvalue weighted by Gasteiger charge is -2.19. The predicted molar refractivity (Wildman–Crippen MR) is 120 cm³/mol. The molecule has 0 aliphatic carbocycles. The molecule has 0 aromatic heterocycles. The van der Waals surface area contributed by atoms with Gasteiger partial charge in [-0.1, -0.05) is 30.3 Å². The zero-order valence-electron chi connectivity index (χ0n) is 17.7. The lowest BCUT2D eigenvalue weighted by Crippen LogP contribution is -2.32. The number of benzene rings is 2. The van der Waals surface area contributed by atoms with Crippen molar-refractivity contribution >= 4 is 28.1 Å². The monoisotopic (exact) mass is 448 g/mol. The second kappa shape index (κ2) is 11.4. The third-order valence-corrected chi connectivity index (χ3v) is 5.29. The summed E-state index contributed by atoms with van der Waals surface area (Å²) < 4.78 is 31.0. The Kier molecular flexibility index (Phi) is 8.87. The van der Waals surface area contributed by atoms with Crippen LogP contribution in [0.15, 0.2) is 42.5 Å². The van der Waals surface area contributed by atoms with Crippen LogP contribution in [0.5, 0.6) is 5.75 Å². The van der Waals surface area contributed by atoms with Gasteiger partial charge in [-0.25, -0.2) is 13.2 Å². The predicted octanol–water partition coefficient (Wildman–Crippen LogP) is 3.63. The maximum absolute atomic E-state index is 11.6. The van der Waals surface area contributed by atoms with E-state index in [0.29, 0.717) is 50.2 Å². The van der Waals surface area contributed by atoms with Gasteiger partial charge in [-0.15, -0.1) is 0 Å². The maximum Gasteiger partial charge on any atom is 0.407 e. The highest BCUT2D eigenvalue weighted by molar-refractivity contribution is 7.92. The van der Waals surface area contributed by atoms with E-state index < -0.39 is 16.1 Å². The van der Waals surface area contributed by atoms with Gasteiger partial charge in [0.25, 0.3) is 0 Å². The first kappa shape index (κ1) is 24.2. The first-order valence-corrected chi connectivity index (χ1v) is 11.8. The molecule has 0 aliphatic rings. The van der Waals surface area contributed by atoms with Gasteiger partial charge in [0.1, 0.15) is 12.0 Å². The van der Waals surface area contributed by atoms with Gasteiger partial charge in [-0.05, 0) is 48.1 Å². The Morgan fingerprint density at radius 3 is 2.52 bits per heavy atom. The van der Waals surface area contributed by atoms with Gasteiger partial charge < -0.3 is 19.5 Å². The molecule has 0 saturated heterocycles. The molecular weight excluding hydrogens is 420 g/mol. The van der Waals surface area contributed by atoms with Crippen LogP contribution < -0.4 is 9.46 Å². The number of amides is 1. The molecule has 168 valence electrons. The summed E-state index contributed by atoms with van der Waals surface area (Å²) in [5, 5.41) is 9.40. The van der Waals surface area contributed by atoms with E-state index in [1.807, 2.05) is 30.3 Å². The molecule has 0 spiro atoms. The van der Waals surface area contributed by atoms with Crippen LogP contribution in [-0.4, -0.2) is 57.3 Å². The van der Waals surface area contributed by atoms with Crippen LogP contribution in [0, 0.1) is 0 Å². The van der Waals surface area contributed by atoms with Crippen LogP contribution in [0.1, 0.15) is 24.8 Å². The van der Waals surface area contributed by atoms with Crippen LogP contribution in [0.25, 0.3) is 11.1 Å². The number of carbonyl (C=O) groups excluding carboxylic acids is 1. The summed E-state index contributed by atoms with van der Waals surface area (Å²) in [5.41, 5.74) is 2.99. The van der Waals surface area contributed by atoms with Gasteiger partial charge in [0, 0.05) is 19.5 Å². The third kappa shape index (κ3) is 7.93. The van der Waals surface area contributed by atoms with E-state index in [4.69, 9.17) is 4.74 Å². The van der Waals surface area contributed by atoms with Crippen molar-refractivity contribution < 1.29 is 27.9 Å². The number of hydrogen-bond acceptors (Lipinski definition) is 5. The number of unbranched alkanes of at least 4 members (excludes halogenated alkanes) is 2. The van der Waals surface area contributed by atoms with Crippen LogP contribution in [-0.2, 0) is 21.2 Å². The fourth-order valence-electron chi connectivity index (χ4n) is 3.17. The number of ether oxygens (including phenoxy) is 1. The van der Waals surface area contributed by atoms with Crippen molar-refractivity contribution in [2.24, 2.45) is 0 Å². The fraction of sp³-hybridized carbons (Fsp3) is 0.364. The number of methoxy groups -OCH3 is 1. The van der Waals surface area contributed by atoms with Crippen molar-refractivity contribution in [3.8, 4) is 16.9 Å². The molecule has 9 heteroatoms. The third-order valence-electron chi connectivity index (χ3n) is 4.70. The van der Waals surface area contributed by atoms with E-state index in [9.17, 15) is 23.1 Å². The summed E-state index contributed by atoms with van der Waals surface area (Å²) >= 11 is 0. The smallest absolute Gasteiger partial charge is 0.407 e. The van der Waals surface area contributed by atoms with Gasteiger partial charge in [0.05, 0.1) is 19.1 Å². The number of anilines is 1. The van der Waals surface area contributed by atoms with Crippen molar-refractivity contribution in [3.05, 3.63) is 48.0 Å². The number of nitrogens with zero attached hydrogens (tertiary/aromatic N) is 1. The van der Waals surface area contributed by atoms with Crippen LogP contribution in [0.2, 0.25) is 0 Å². The molecule has 2 aromatic carbocycles. The van der Waals surface area contributed by atoms with E-state index in [2.05, 4.69) is 4.72 Å². The van der Waals surface area contributed by atoms with Gasteiger partial charge in [-0.2, -0.15) is 0 Å². The number of sulfonamides is 1. The van der Waals surface area contributed by atoms with Crippen molar-refractivity contribution in [1.29, 1.82) is 0 Å². The molecule has 2 N–H and O–H groups in total. The average Bonchev–Trinajstić information content (AvgIpc) is 2.72. The molecule has 0 radical (unpaired) electrons. The first-order chi connectivity index (χ1) is 14.7. The number of aldehydes is 1. The summed E-state index contributed by atoms with van der Waals surface area (Å²) in [6.45, 7) is 0.741. The summed E-state index contributed by atoms with van der Waals surface area (Å²) in [6.07, 6.45) is 3.23. The molecule has 1 amide bonds. The van der Waals surface area contributed by atoms with Crippen molar-refractivity contribution in [2.45, 2.75) is 25.7 Å². The van der Waals surface area contributed by atoms with E-state index in [1.54, 1.807) is 12.1 Å². The summed E-state index contributed by atoms with van der Waals surface area (Å²) in [7, 11) is -2.00. The molecule has 0 bridgehead atoms. The largest absolute Gasteiger partial charge is 0.495 e. The zero-order chi connectivity index (χ0) is 22.9. The lowest BCUT2D eigenvalue weighted by molar-refractivity contribution is -0.107. The number of hydrogen-bond donors (Lipinski definition) is 2. The van der Waals surface area contributed by atoms with Crippen molar-refractivity contribution in [3.63, 3.8) is 0 Å². The quantitative estimate of drug-likeness (QED) is 0.379. The van der Waals surface area contributed by atoms with Crippen LogP contribution in [0.4, 0.5) is 10.5 Å². The Morgan fingerprint density at radius 1 is 1.13 bits per heavy atom. The van der Waals surface area contributed by atoms with Gasteiger partial charge in [0.15, 0.2) is 0 Å². The SMILES string of the molecule is COc1ccc(-c2cccc(CCN(CCCCC=O)C(=O)O)c2)cc1NS(C)(=O)=O. The summed E-state index contributed by atoms with van der Waals surface area (Å²) in [5.74, 6) is 0.414. The van der Waals surface area contributed by atoms with Gasteiger partial charge in [0.2, 0.25) is 10.0 Å². The summed E-state index contributed by atoms with van der Waals surface area (Å²) in [4.78, 5) is 23.2. The lowest BCUT2D eigenvalue weighted by atomic mass is 10.0. The minimum absolute atomic E-state index is 0.347. The number of carbonyl (C=O) groups is 2.